The van der Waals surface area contributed by atoms with E-state index in [9.17, 15) is 8.78 Å². The average Bonchev–Trinajstić information content (AvgIpc) is 3.00. The Hall–Kier alpha value is -2.83. The van der Waals surface area contributed by atoms with Gasteiger partial charge in [0, 0.05) is 13.1 Å². The number of anilines is 1. The normalized spacial score (nSPS) is 15.0. The highest BCUT2D eigenvalue weighted by molar-refractivity contribution is 5.87. The number of hydrogen-bond donors (Lipinski definition) is 0. The van der Waals surface area contributed by atoms with Gasteiger partial charge in [-0.3, -0.25) is 0 Å². The third kappa shape index (κ3) is 2.97. The van der Waals surface area contributed by atoms with E-state index < -0.39 is 11.6 Å². The minimum atomic E-state index is -0.825. The molecule has 1 aromatic carbocycles. The number of fused-ring (bicyclic) bond motifs is 1. The fourth-order valence-corrected chi connectivity index (χ4v) is 3.13. The highest BCUT2D eigenvalue weighted by Gasteiger charge is 2.21. The first-order valence-corrected chi connectivity index (χ1v) is 8.08. The van der Waals surface area contributed by atoms with E-state index in [2.05, 4.69) is 20.0 Å². The van der Waals surface area contributed by atoms with E-state index in [1.807, 2.05) is 13.0 Å². The van der Waals surface area contributed by atoms with Crippen LogP contribution < -0.4 is 4.90 Å². The molecule has 3 heterocycles. The van der Waals surface area contributed by atoms with Gasteiger partial charge in [0.15, 0.2) is 11.6 Å². The van der Waals surface area contributed by atoms with Crippen LogP contribution in [0.5, 0.6) is 0 Å². The largest absolute Gasteiger partial charge is 0.355 e. The summed E-state index contributed by atoms with van der Waals surface area (Å²) in [7, 11) is 0. The number of aryl methyl sites for hydroxylation is 1. The van der Waals surface area contributed by atoms with Crippen molar-refractivity contribution in [3.05, 3.63) is 53.0 Å². The minimum absolute atomic E-state index is 0.491. The summed E-state index contributed by atoms with van der Waals surface area (Å²) in [4.78, 5) is 10.7. The topological polar surface area (TPSA) is 55.1 Å². The number of aromatic nitrogens is 3. The van der Waals surface area contributed by atoms with E-state index in [1.54, 1.807) is 6.07 Å². The maximum Gasteiger partial charge on any atom is 0.263 e. The first-order valence-electron chi connectivity index (χ1n) is 8.08. The lowest BCUT2D eigenvalue weighted by atomic mass is 10.0. The summed E-state index contributed by atoms with van der Waals surface area (Å²) in [5.74, 6) is -0.817. The van der Waals surface area contributed by atoms with Crippen molar-refractivity contribution in [2.45, 2.75) is 19.8 Å². The van der Waals surface area contributed by atoms with Crippen molar-refractivity contribution in [2.24, 2.45) is 0 Å². The molecule has 2 aromatic heterocycles. The van der Waals surface area contributed by atoms with E-state index in [4.69, 9.17) is 4.52 Å². The SMILES string of the molecule is Cc1noc2ncnc(N3CCC(=Cc4ccc(F)c(F)c4)CC3)c12. The van der Waals surface area contributed by atoms with Crippen LogP contribution >= 0.6 is 0 Å². The second-order valence-corrected chi connectivity index (χ2v) is 6.11. The number of halogens is 2. The molecule has 25 heavy (non-hydrogen) atoms. The van der Waals surface area contributed by atoms with Gasteiger partial charge in [0.1, 0.15) is 17.5 Å². The highest BCUT2D eigenvalue weighted by atomic mass is 19.2. The smallest absolute Gasteiger partial charge is 0.263 e. The molecule has 7 heteroatoms. The fraction of sp³-hybridized carbons (Fsp3) is 0.278. The highest BCUT2D eigenvalue weighted by Crippen LogP contribution is 2.29. The predicted molar refractivity (Wildman–Crippen MR) is 90.1 cm³/mol. The molecule has 0 unspecified atom stereocenters. The lowest BCUT2D eigenvalue weighted by molar-refractivity contribution is 0.442. The first-order chi connectivity index (χ1) is 12.1. The molecule has 4 rings (SSSR count). The van der Waals surface area contributed by atoms with Gasteiger partial charge in [0.25, 0.3) is 5.71 Å². The van der Waals surface area contributed by atoms with Crippen LogP contribution in [0, 0.1) is 18.6 Å². The summed E-state index contributed by atoms with van der Waals surface area (Å²) >= 11 is 0. The van der Waals surface area contributed by atoms with Gasteiger partial charge in [-0.1, -0.05) is 22.9 Å². The standard InChI is InChI=1S/C18H16F2N4O/c1-11-16-17(21-10-22-18(16)25-23-11)24-6-4-12(5-7-24)8-13-2-3-14(19)15(20)9-13/h2-3,8-10H,4-7H2,1H3. The maximum atomic E-state index is 13.3. The molecule has 128 valence electrons. The van der Waals surface area contributed by atoms with E-state index in [1.165, 1.54) is 18.0 Å². The molecule has 0 amide bonds. The lowest BCUT2D eigenvalue weighted by Crippen LogP contribution is -2.31. The molecule has 1 aliphatic heterocycles. The Morgan fingerprint density at radius 1 is 1.12 bits per heavy atom. The number of piperidine rings is 1. The average molecular weight is 342 g/mol. The summed E-state index contributed by atoms with van der Waals surface area (Å²) in [6.45, 7) is 3.44. The maximum absolute atomic E-state index is 13.3. The van der Waals surface area contributed by atoms with Crippen LogP contribution in [0.15, 0.2) is 34.6 Å². The van der Waals surface area contributed by atoms with Crippen LogP contribution in [0.1, 0.15) is 24.1 Å². The fourth-order valence-electron chi connectivity index (χ4n) is 3.13. The third-order valence-electron chi connectivity index (χ3n) is 4.44. The minimum Gasteiger partial charge on any atom is -0.355 e. The first kappa shape index (κ1) is 15.7. The summed E-state index contributed by atoms with van der Waals surface area (Å²) in [5.41, 5.74) is 3.15. The zero-order chi connectivity index (χ0) is 17.4. The molecule has 0 radical (unpaired) electrons. The molecule has 0 spiro atoms. The van der Waals surface area contributed by atoms with Gasteiger partial charge in [0.2, 0.25) is 0 Å². The molecule has 5 nitrogen and oxygen atoms in total. The zero-order valence-corrected chi connectivity index (χ0v) is 13.7. The van der Waals surface area contributed by atoms with Crippen LogP contribution in [0.2, 0.25) is 0 Å². The number of benzene rings is 1. The molecule has 0 N–H and O–H groups in total. The summed E-state index contributed by atoms with van der Waals surface area (Å²) in [6.07, 6.45) is 5.07. The molecular formula is C18H16F2N4O. The Morgan fingerprint density at radius 3 is 2.68 bits per heavy atom. The Kier molecular flexibility index (Phi) is 3.91. The van der Waals surface area contributed by atoms with Crippen LogP contribution in [-0.2, 0) is 0 Å². The number of rotatable bonds is 2. The molecular weight excluding hydrogens is 326 g/mol. The van der Waals surface area contributed by atoms with Gasteiger partial charge in [-0.05, 0) is 37.5 Å². The Balaban J connectivity index is 1.54. The molecule has 0 atom stereocenters. The van der Waals surface area contributed by atoms with Crippen molar-refractivity contribution in [1.82, 2.24) is 15.1 Å². The summed E-state index contributed by atoms with van der Waals surface area (Å²) in [6, 6.07) is 3.97. The molecule has 0 bridgehead atoms. The molecule has 1 fully saturated rings. The second-order valence-electron chi connectivity index (χ2n) is 6.11. The molecule has 0 aliphatic carbocycles. The number of nitrogens with zero attached hydrogens (tertiary/aromatic N) is 4. The molecule has 3 aromatic rings. The molecule has 1 saturated heterocycles. The third-order valence-corrected chi connectivity index (χ3v) is 4.44. The number of hydrogen-bond acceptors (Lipinski definition) is 5. The van der Waals surface area contributed by atoms with E-state index in [0.717, 1.165) is 48.9 Å². The summed E-state index contributed by atoms with van der Waals surface area (Å²) < 4.78 is 31.5. The van der Waals surface area contributed by atoms with Crippen LogP contribution in [0.3, 0.4) is 0 Å². The Labute approximate surface area is 143 Å². The Morgan fingerprint density at radius 2 is 1.92 bits per heavy atom. The molecule has 1 aliphatic rings. The zero-order valence-electron chi connectivity index (χ0n) is 13.7. The lowest BCUT2D eigenvalue weighted by Gasteiger charge is -2.29. The quantitative estimate of drug-likeness (QED) is 0.707. The van der Waals surface area contributed by atoms with Gasteiger partial charge in [-0.15, -0.1) is 0 Å². The van der Waals surface area contributed by atoms with Gasteiger partial charge >= 0.3 is 0 Å². The van der Waals surface area contributed by atoms with Crippen LogP contribution in [0.4, 0.5) is 14.6 Å². The van der Waals surface area contributed by atoms with Crippen molar-refractivity contribution >= 4 is 23.0 Å². The summed E-state index contributed by atoms with van der Waals surface area (Å²) in [5, 5.41) is 4.80. The van der Waals surface area contributed by atoms with E-state index in [-0.39, 0.29) is 0 Å². The van der Waals surface area contributed by atoms with E-state index in [0.29, 0.717) is 11.3 Å². The van der Waals surface area contributed by atoms with Gasteiger partial charge in [0.05, 0.1) is 5.69 Å². The van der Waals surface area contributed by atoms with E-state index >= 15 is 0 Å². The van der Waals surface area contributed by atoms with Crippen LogP contribution in [-0.4, -0.2) is 28.2 Å². The van der Waals surface area contributed by atoms with Crippen molar-refractivity contribution < 1.29 is 13.3 Å². The predicted octanol–water partition coefficient (Wildman–Crippen LogP) is 3.89. The van der Waals surface area contributed by atoms with Crippen molar-refractivity contribution in [1.29, 1.82) is 0 Å². The van der Waals surface area contributed by atoms with Crippen molar-refractivity contribution in [3.8, 4) is 0 Å². The monoisotopic (exact) mass is 342 g/mol. The Bertz CT molecular complexity index is 957. The van der Waals surface area contributed by atoms with Crippen LogP contribution in [0.25, 0.3) is 17.2 Å². The van der Waals surface area contributed by atoms with Gasteiger partial charge in [-0.25, -0.2) is 13.8 Å². The van der Waals surface area contributed by atoms with Gasteiger partial charge < -0.3 is 9.42 Å². The van der Waals surface area contributed by atoms with Crippen molar-refractivity contribution in [3.63, 3.8) is 0 Å². The van der Waals surface area contributed by atoms with Crippen molar-refractivity contribution in [2.75, 3.05) is 18.0 Å². The molecule has 0 saturated carbocycles. The second kappa shape index (κ2) is 6.23. The van der Waals surface area contributed by atoms with Gasteiger partial charge in [-0.2, -0.15) is 4.98 Å².